The number of amides is 1. The third kappa shape index (κ3) is 4.39. The van der Waals surface area contributed by atoms with E-state index >= 15 is 0 Å². The number of carbonyl (C=O) groups is 1. The van der Waals surface area contributed by atoms with Crippen molar-refractivity contribution in [2.24, 2.45) is 0 Å². The van der Waals surface area contributed by atoms with Crippen molar-refractivity contribution in [1.29, 1.82) is 0 Å². The number of carbonyl (C=O) groups excluding carboxylic acids is 1. The van der Waals surface area contributed by atoms with Crippen molar-refractivity contribution in [2.75, 3.05) is 11.6 Å². The first-order valence-electron chi connectivity index (χ1n) is 9.71. The predicted molar refractivity (Wildman–Crippen MR) is 119 cm³/mol. The Morgan fingerprint density at radius 2 is 1.97 bits per heavy atom. The number of hydrogen-bond acceptors (Lipinski definition) is 7. The Kier molecular flexibility index (Phi) is 5.31. The minimum absolute atomic E-state index is 0.120. The number of sulfonamides is 1. The molecule has 0 fully saturated rings. The van der Waals surface area contributed by atoms with Crippen LogP contribution in [0, 0.1) is 6.92 Å². The number of hydrogen-bond donors (Lipinski definition) is 2. The van der Waals surface area contributed by atoms with E-state index in [4.69, 9.17) is 4.52 Å². The van der Waals surface area contributed by atoms with E-state index in [1.807, 2.05) is 31.2 Å². The van der Waals surface area contributed by atoms with Crippen LogP contribution < -0.4 is 10.0 Å². The molecule has 0 atom stereocenters. The van der Waals surface area contributed by atoms with Gasteiger partial charge in [0.2, 0.25) is 21.7 Å². The quantitative estimate of drug-likeness (QED) is 0.458. The van der Waals surface area contributed by atoms with E-state index < -0.39 is 15.6 Å². The Balaban J connectivity index is 1.61. The number of aromatic nitrogens is 4. The van der Waals surface area contributed by atoms with Gasteiger partial charge in [0.1, 0.15) is 16.9 Å². The van der Waals surface area contributed by atoms with Crippen LogP contribution in [0.3, 0.4) is 0 Å². The molecule has 10 nitrogen and oxygen atoms in total. The van der Waals surface area contributed by atoms with Gasteiger partial charge in [0.25, 0.3) is 5.91 Å². The van der Waals surface area contributed by atoms with Gasteiger partial charge in [-0.15, -0.1) is 0 Å². The van der Waals surface area contributed by atoms with E-state index in [1.165, 1.54) is 6.20 Å². The smallest absolute Gasteiger partial charge is 0.274 e. The van der Waals surface area contributed by atoms with Crippen molar-refractivity contribution in [2.45, 2.75) is 26.3 Å². The van der Waals surface area contributed by atoms with Gasteiger partial charge in [-0.3, -0.25) is 9.20 Å². The molecule has 3 heterocycles. The Hall–Kier alpha value is -3.57. The predicted octanol–water partition coefficient (Wildman–Crippen LogP) is 2.73. The Labute approximate surface area is 184 Å². The Morgan fingerprint density at radius 3 is 2.72 bits per heavy atom. The summed E-state index contributed by atoms with van der Waals surface area (Å²) in [4.78, 5) is 21.5. The van der Waals surface area contributed by atoms with Crippen LogP contribution in [0.4, 0.5) is 5.69 Å². The largest absolute Gasteiger partial charge is 0.337 e. The van der Waals surface area contributed by atoms with Gasteiger partial charge in [-0.05, 0) is 44.5 Å². The molecule has 4 rings (SSSR count). The average Bonchev–Trinajstić information content (AvgIpc) is 3.35. The van der Waals surface area contributed by atoms with Gasteiger partial charge in [-0.2, -0.15) is 4.98 Å². The highest BCUT2D eigenvalue weighted by molar-refractivity contribution is 7.88. The van der Waals surface area contributed by atoms with Crippen LogP contribution in [-0.2, 0) is 15.6 Å². The summed E-state index contributed by atoms with van der Waals surface area (Å²) >= 11 is 0. The van der Waals surface area contributed by atoms with Gasteiger partial charge in [0.05, 0.1) is 12.5 Å². The maximum absolute atomic E-state index is 12.9. The Bertz CT molecular complexity index is 1420. The first kappa shape index (κ1) is 21.7. The molecule has 3 aromatic heterocycles. The van der Waals surface area contributed by atoms with Gasteiger partial charge >= 0.3 is 0 Å². The molecule has 11 heteroatoms. The lowest BCUT2D eigenvalue weighted by atomic mass is 10.1. The van der Waals surface area contributed by atoms with E-state index in [0.717, 1.165) is 11.8 Å². The van der Waals surface area contributed by atoms with Crippen LogP contribution in [0.5, 0.6) is 0 Å². The minimum atomic E-state index is -3.48. The van der Waals surface area contributed by atoms with Crippen LogP contribution >= 0.6 is 0 Å². The van der Waals surface area contributed by atoms with Crippen molar-refractivity contribution in [1.82, 2.24) is 24.2 Å². The molecule has 1 amide bonds. The van der Waals surface area contributed by atoms with Crippen LogP contribution in [-0.4, -0.2) is 40.1 Å². The molecule has 0 aliphatic carbocycles. The maximum Gasteiger partial charge on any atom is 0.274 e. The molecule has 0 radical (unpaired) electrons. The molecule has 166 valence electrons. The molecule has 2 N–H and O–H groups in total. The minimum Gasteiger partial charge on any atom is -0.337 e. The summed E-state index contributed by atoms with van der Waals surface area (Å²) in [5.74, 6) is 0.0831. The molecule has 0 saturated heterocycles. The SMILES string of the molecule is Cc1ccc(-c2noc(C(C)(C)NS(C)(=O)=O)n2)cc1NC(=O)c1cnc2ccccn12. The monoisotopic (exact) mass is 454 g/mol. The lowest BCUT2D eigenvalue weighted by Crippen LogP contribution is -2.40. The molecular weight excluding hydrogens is 432 g/mol. The summed E-state index contributed by atoms with van der Waals surface area (Å²) in [6, 6.07) is 10.9. The maximum atomic E-state index is 12.9. The molecule has 1 aromatic carbocycles. The molecule has 0 spiro atoms. The first-order chi connectivity index (χ1) is 15.0. The number of benzene rings is 1. The normalized spacial score (nSPS) is 12.2. The van der Waals surface area contributed by atoms with E-state index in [0.29, 0.717) is 22.6 Å². The molecule has 4 aromatic rings. The summed E-state index contributed by atoms with van der Waals surface area (Å²) in [6.45, 7) is 5.12. The highest BCUT2D eigenvalue weighted by Gasteiger charge is 2.31. The third-order valence-corrected chi connectivity index (χ3v) is 5.68. The van der Waals surface area contributed by atoms with Crippen molar-refractivity contribution >= 4 is 27.3 Å². The van der Waals surface area contributed by atoms with Gasteiger partial charge < -0.3 is 9.84 Å². The van der Waals surface area contributed by atoms with Crippen molar-refractivity contribution in [3.05, 3.63) is 65.9 Å². The lowest BCUT2D eigenvalue weighted by Gasteiger charge is -2.19. The second-order valence-corrected chi connectivity index (χ2v) is 9.73. The lowest BCUT2D eigenvalue weighted by molar-refractivity contribution is 0.102. The average molecular weight is 455 g/mol. The number of fused-ring (bicyclic) bond motifs is 1. The highest BCUT2D eigenvalue weighted by atomic mass is 32.2. The van der Waals surface area contributed by atoms with Crippen LogP contribution in [0.2, 0.25) is 0 Å². The number of rotatable bonds is 6. The molecule has 0 unspecified atom stereocenters. The molecule has 0 aliphatic heterocycles. The van der Waals surface area contributed by atoms with Gasteiger partial charge in [-0.1, -0.05) is 23.4 Å². The number of aryl methyl sites for hydroxylation is 1. The third-order valence-electron chi connectivity index (χ3n) is 4.79. The highest BCUT2D eigenvalue weighted by Crippen LogP contribution is 2.27. The first-order valence-corrected chi connectivity index (χ1v) is 11.6. The molecule has 0 saturated carbocycles. The van der Waals surface area contributed by atoms with E-state index in [-0.39, 0.29) is 17.6 Å². The molecule has 0 aliphatic rings. The van der Waals surface area contributed by atoms with Gasteiger partial charge in [0, 0.05) is 17.4 Å². The van der Waals surface area contributed by atoms with Crippen molar-refractivity contribution < 1.29 is 17.7 Å². The number of imidazole rings is 1. The van der Waals surface area contributed by atoms with E-state index in [9.17, 15) is 13.2 Å². The standard InChI is InChI=1S/C21H22N6O4S/c1-13-8-9-14(18-24-20(31-25-18)21(2,3)26-32(4,29)30)11-15(13)23-19(28)16-12-22-17-7-5-6-10-27(16)17/h5-12,26H,1-4H3,(H,23,28). The summed E-state index contributed by atoms with van der Waals surface area (Å²) in [7, 11) is -3.48. The summed E-state index contributed by atoms with van der Waals surface area (Å²) < 4.78 is 32.7. The van der Waals surface area contributed by atoms with E-state index in [1.54, 1.807) is 36.6 Å². The summed E-state index contributed by atoms with van der Waals surface area (Å²) in [6.07, 6.45) is 4.35. The molecule has 32 heavy (non-hydrogen) atoms. The van der Waals surface area contributed by atoms with Crippen LogP contribution in [0.1, 0.15) is 35.8 Å². The zero-order valence-electron chi connectivity index (χ0n) is 17.9. The second-order valence-electron chi connectivity index (χ2n) is 7.98. The zero-order valence-corrected chi connectivity index (χ0v) is 18.8. The summed E-state index contributed by atoms with van der Waals surface area (Å²) in [5.41, 5.74) is 2.03. The molecule has 0 bridgehead atoms. The van der Waals surface area contributed by atoms with Crippen LogP contribution in [0.25, 0.3) is 17.0 Å². The fourth-order valence-corrected chi connectivity index (χ4v) is 4.30. The summed E-state index contributed by atoms with van der Waals surface area (Å²) in [5, 5.41) is 6.88. The number of pyridine rings is 1. The van der Waals surface area contributed by atoms with E-state index in [2.05, 4.69) is 25.2 Å². The van der Waals surface area contributed by atoms with Gasteiger partial charge in [-0.25, -0.2) is 18.1 Å². The molecular formula is C21H22N6O4S. The zero-order chi connectivity index (χ0) is 23.1. The Morgan fingerprint density at radius 1 is 1.19 bits per heavy atom. The number of anilines is 1. The van der Waals surface area contributed by atoms with Crippen LogP contribution in [0.15, 0.2) is 53.3 Å². The number of nitrogens with zero attached hydrogens (tertiary/aromatic N) is 4. The van der Waals surface area contributed by atoms with Gasteiger partial charge in [0.15, 0.2) is 0 Å². The second kappa shape index (κ2) is 7.84. The number of nitrogens with one attached hydrogen (secondary N) is 2. The van der Waals surface area contributed by atoms with Crippen molar-refractivity contribution in [3.63, 3.8) is 0 Å². The topological polar surface area (TPSA) is 131 Å². The fourth-order valence-electron chi connectivity index (χ4n) is 3.28. The van der Waals surface area contributed by atoms with Crippen molar-refractivity contribution in [3.8, 4) is 11.4 Å². The fraction of sp³-hybridized carbons (Fsp3) is 0.238.